The standard InChI is InChI=1S/C7H3ClI2O2/c8-4-1-3(7(11)12)2-5(9)6(4)10/h1-2H,(H,11,12). The molecule has 12 heavy (non-hydrogen) atoms. The highest BCUT2D eigenvalue weighted by Crippen LogP contribution is 2.25. The average Bonchev–Trinajstić information content (AvgIpc) is 1.99. The van der Waals surface area contributed by atoms with Crippen molar-refractivity contribution in [3.63, 3.8) is 0 Å². The highest BCUT2D eigenvalue weighted by Gasteiger charge is 2.08. The Morgan fingerprint density at radius 3 is 2.42 bits per heavy atom. The van der Waals surface area contributed by atoms with Gasteiger partial charge < -0.3 is 5.11 Å². The van der Waals surface area contributed by atoms with Crippen LogP contribution in [0.4, 0.5) is 0 Å². The quantitative estimate of drug-likeness (QED) is 0.572. The second-order valence-electron chi connectivity index (χ2n) is 2.06. The molecule has 0 atom stereocenters. The Morgan fingerprint density at radius 1 is 1.42 bits per heavy atom. The lowest BCUT2D eigenvalue weighted by Gasteiger charge is -2.01. The summed E-state index contributed by atoms with van der Waals surface area (Å²) in [7, 11) is 0. The van der Waals surface area contributed by atoms with Gasteiger partial charge in [-0.15, -0.1) is 0 Å². The van der Waals surface area contributed by atoms with Crippen LogP contribution in [0.5, 0.6) is 0 Å². The fourth-order valence-corrected chi connectivity index (χ4v) is 2.00. The van der Waals surface area contributed by atoms with Crippen molar-refractivity contribution in [1.82, 2.24) is 0 Å². The van der Waals surface area contributed by atoms with Crippen LogP contribution in [0.2, 0.25) is 5.02 Å². The van der Waals surface area contributed by atoms with E-state index in [0.717, 1.165) is 7.14 Å². The molecule has 5 heteroatoms. The molecule has 1 N–H and O–H groups in total. The number of aromatic carboxylic acids is 1. The van der Waals surface area contributed by atoms with Crippen molar-refractivity contribution in [3.05, 3.63) is 29.9 Å². The third-order valence-electron chi connectivity index (χ3n) is 1.23. The molecule has 0 unspecified atom stereocenters. The van der Waals surface area contributed by atoms with E-state index in [1.165, 1.54) is 6.07 Å². The van der Waals surface area contributed by atoms with Crippen LogP contribution in [0.3, 0.4) is 0 Å². The van der Waals surface area contributed by atoms with Crippen LogP contribution < -0.4 is 0 Å². The van der Waals surface area contributed by atoms with Crippen molar-refractivity contribution in [2.45, 2.75) is 0 Å². The van der Waals surface area contributed by atoms with E-state index in [4.69, 9.17) is 16.7 Å². The Labute approximate surface area is 102 Å². The Balaban J connectivity index is 3.31. The van der Waals surface area contributed by atoms with Crippen molar-refractivity contribution in [2.24, 2.45) is 0 Å². The molecule has 0 heterocycles. The van der Waals surface area contributed by atoms with Crippen molar-refractivity contribution < 1.29 is 9.90 Å². The third-order valence-corrected chi connectivity index (χ3v) is 4.89. The van der Waals surface area contributed by atoms with E-state index in [-0.39, 0.29) is 5.56 Å². The number of carbonyl (C=O) groups is 1. The first kappa shape index (κ1) is 10.5. The summed E-state index contributed by atoms with van der Waals surface area (Å²) >= 11 is 9.92. The van der Waals surface area contributed by atoms with E-state index in [2.05, 4.69) is 45.2 Å². The zero-order chi connectivity index (χ0) is 9.30. The van der Waals surface area contributed by atoms with Gasteiger partial charge in [0, 0.05) is 7.14 Å². The maximum atomic E-state index is 10.6. The van der Waals surface area contributed by atoms with E-state index in [9.17, 15) is 4.79 Å². The molecule has 0 radical (unpaired) electrons. The third kappa shape index (κ3) is 2.23. The molecule has 0 aliphatic rings. The van der Waals surface area contributed by atoms with Crippen molar-refractivity contribution in [2.75, 3.05) is 0 Å². The highest BCUT2D eigenvalue weighted by atomic mass is 127. The van der Waals surface area contributed by atoms with E-state index < -0.39 is 5.97 Å². The van der Waals surface area contributed by atoms with E-state index >= 15 is 0 Å². The predicted molar refractivity (Wildman–Crippen MR) is 63.8 cm³/mol. The highest BCUT2D eigenvalue weighted by molar-refractivity contribution is 14.1. The second-order valence-corrected chi connectivity index (χ2v) is 4.71. The first-order valence-electron chi connectivity index (χ1n) is 2.90. The predicted octanol–water partition coefficient (Wildman–Crippen LogP) is 3.25. The first-order chi connectivity index (χ1) is 5.52. The lowest BCUT2D eigenvalue weighted by molar-refractivity contribution is 0.0697. The summed E-state index contributed by atoms with van der Waals surface area (Å²) in [6.45, 7) is 0. The first-order valence-corrected chi connectivity index (χ1v) is 5.43. The van der Waals surface area contributed by atoms with E-state index in [0.29, 0.717) is 5.02 Å². The Bertz CT molecular complexity index is 315. The smallest absolute Gasteiger partial charge is 0.335 e. The molecule has 0 saturated carbocycles. The van der Waals surface area contributed by atoms with Crippen molar-refractivity contribution >= 4 is 62.8 Å². The van der Waals surface area contributed by atoms with Crippen molar-refractivity contribution in [1.29, 1.82) is 0 Å². The Morgan fingerprint density at radius 2 is 2.00 bits per heavy atom. The number of rotatable bonds is 1. The van der Waals surface area contributed by atoms with Gasteiger partial charge in [-0.25, -0.2) is 4.79 Å². The van der Waals surface area contributed by atoms with Crippen LogP contribution in [0.25, 0.3) is 0 Å². The van der Waals surface area contributed by atoms with Gasteiger partial charge >= 0.3 is 5.97 Å². The lowest BCUT2D eigenvalue weighted by Crippen LogP contribution is -1.97. The van der Waals surface area contributed by atoms with E-state index in [1.807, 2.05) is 0 Å². The summed E-state index contributed by atoms with van der Waals surface area (Å²) in [5.41, 5.74) is 0.227. The van der Waals surface area contributed by atoms with Crippen LogP contribution in [0, 0.1) is 7.14 Å². The van der Waals surface area contributed by atoms with Crippen molar-refractivity contribution in [3.8, 4) is 0 Å². The molecule has 1 aromatic rings. The van der Waals surface area contributed by atoms with Crippen LogP contribution in [0.15, 0.2) is 12.1 Å². The van der Waals surface area contributed by atoms with Gasteiger partial charge in [0.15, 0.2) is 0 Å². The molecule has 0 bridgehead atoms. The van der Waals surface area contributed by atoms with Gasteiger partial charge in [-0.3, -0.25) is 0 Å². The summed E-state index contributed by atoms with van der Waals surface area (Å²) in [4.78, 5) is 10.6. The minimum atomic E-state index is -0.953. The fourth-order valence-electron chi connectivity index (χ4n) is 0.679. The minimum absolute atomic E-state index is 0.227. The van der Waals surface area contributed by atoms with E-state index in [1.54, 1.807) is 6.07 Å². The van der Waals surface area contributed by atoms with Crippen LogP contribution in [-0.4, -0.2) is 11.1 Å². The number of carboxylic acid groups (broad SMARTS) is 1. The van der Waals surface area contributed by atoms with Gasteiger partial charge in [0.25, 0.3) is 0 Å². The Kier molecular flexibility index (Phi) is 3.59. The number of halogens is 3. The minimum Gasteiger partial charge on any atom is -0.478 e. The molecule has 0 spiro atoms. The van der Waals surface area contributed by atoms with Gasteiger partial charge in [-0.05, 0) is 57.3 Å². The van der Waals surface area contributed by atoms with Crippen LogP contribution >= 0.6 is 56.8 Å². The molecule has 1 aromatic carbocycles. The summed E-state index contributed by atoms with van der Waals surface area (Å²) in [6.07, 6.45) is 0. The van der Waals surface area contributed by atoms with Crippen LogP contribution in [0.1, 0.15) is 10.4 Å². The SMILES string of the molecule is O=C(O)c1cc(Cl)c(I)c(I)c1. The fraction of sp³-hybridized carbons (Fsp3) is 0. The zero-order valence-corrected chi connectivity index (χ0v) is 10.7. The number of hydrogen-bond acceptors (Lipinski definition) is 1. The number of benzene rings is 1. The molecule has 1 rings (SSSR count). The van der Waals surface area contributed by atoms with Crippen LogP contribution in [-0.2, 0) is 0 Å². The topological polar surface area (TPSA) is 37.3 Å². The van der Waals surface area contributed by atoms with Gasteiger partial charge in [0.2, 0.25) is 0 Å². The van der Waals surface area contributed by atoms with Gasteiger partial charge in [-0.1, -0.05) is 11.6 Å². The number of hydrogen-bond donors (Lipinski definition) is 1. The summed E-state index contributed by atoms with van der Waals surface area (Å²) in [5.74, 6) is -0.953. The molecule has 0 aliphatic heterocycles. The second kappa shape index (κ2) is 4.10. The van der Waals surface area contributed by atoms with Gasteiger partial charge in [0.05, 0.1) is 10.6 Å². The molecule has 0 aliphatic carbocycles. The monoisotopic (exact) mass is 408 g/mol. The molecular formula is C7H3ClI2O2. The lowest BCUT2D eigenvalue weighted by atomic mass is 10.2. The maximum absolute atomic E-state index is 10.6. The molecule has 2 nitrogen and oxygen atoms in total. The summed E-state index contributed by atoms with van der Waals surface area (Å²) in [6, 6.07) is 3.05. The zero-order valence-electron chi connectivity index (χ0n) is 5.64. The largest absolute Gasteiger partial charge is 0.478 e. The Hall–Kier alpha value is 0.440. The normalized spacial score (nSPS) is 9.92. The van der Waals surface area contributed by atoms with Gasteiger partial charge in [0.1, 0.15) is 0 Å². The number of carboxylic acids is 1. The molecule has 0 fully saturated rings. The molecule has 64 valence electrons. The summed E-state index contributed by atoms with van der Waals surface area (Å²) < 4.78 is 1.75. The average molecular weight is 408 g/mol. The molecule has 0 amide bonds. The summed E-state index contributed by atoms with van der Waals surface area (Å²) in [5, 5.41) is 9.15. The maximum Gasteiger partial charge on any atom is 0.335 e. The molecular weight excluding hydrogens is 405 g/mol. The molecule has 0 aromatic heterocycles. The molecule has 0 saturated heterocycles. The van der Waals surface area contributed by atoms with Gasteiger partial charge in [-0.2, -0.15) is 0 Å².